The molecule has 1 aromatic heterocycles. The molecule has 1 unspecified atom stereocenters. The molecule has 0 saturated heterocycles. The maximum Gasteiger partial charge on any atom is 0.222 e. The number of amides is 1. The van der Waals surface area contributed by atoms with Crippen molar-refractivity contribution in [2.24, 2.45) is 0 Å². The van der Waals surface area contributed by atoms with Gasteiger partial charge >= 0.3 is 0 Å². The maximum atomic E-state index is 12.9. The lowest BCUT2D eigenvalue weighted by Crippen LogP contribution is -2.24. The number of halogens is 1. The molecule has 126 valence electrons. The average molecular weight is 328 g/mol. The molecule has 24 heavy (non-hydrogen) atoms. The third-order valence-corrected chi connectivity index (χ3v) is 3.46. The first-order chi connectivity index (χ1) is 11.6. The molecule has 1 atom stereocenters. The van der Waals surface area contributed by atoms with Crippen LogP contribution >= 0.6 is 0 Å². The van der Waals surface area contributed by atoms with Gasteiger partial charge in [0, 0.05) is 31.9 Å². The molecular formula is C18H21FN4O. The summed E-state index contributed by atoms with van der Waals surface area (Å²) in [5.41, 5.74) is 0.953. The van der Waals surface area contributed by atoms with Crippen molar-refractivity contribution in [1.82, 2.24) is 15.3 Å². The van der Waals surface area contributed by atoms with Crippen molar-refractivity contribution < 1.29 is 9.18 Å². The Balaban J connectivity index is 1.64. The number of nitrogens with zero attached hydrogens (tertiary/aromatic N) is 2. The van der Waals surface area contributed by atoms with Gasteiger partial charge in [-0.1, -0.05) is 31.2 Å². The molecule has 1 heterocycles. The van der Waals surface area contributed by atoms with Crippen molar-refractivity contribution in [3.63, 3.8) is 0 Å². The Kier molecular flexibility index (Phi) is 6.89. The van der Waals surface area contributed by atoms with Crippen LogP contribution in [0.3, 0.4) is 0 Å². The van der Waals surface area contributed by atoms with E-state index in [2.05, 4.69) is 20.6 Å². The summed E-state index contributed by atoms with van der Waals surface area (Å²) in [6.45, 7) is 3.00. The van der Waals surface area contributed by atoms with Crippen molar-refractivity contribution in [3.05, 3.63) is 66.3 Å². The molecule has 0 aliphatic heterocycles. The van der Waals surface area contributed by atoms with Gasteiger partial charge in [-0.25, -0.2) is 14.4 Å². The number of nitrogens with one attached hydrogen (secondary N) is 2. The van der Waals surface area contributed by atoms with Gasteiger partial charge in [0.15, 0.2) is 0 Å². The van der Waals surface area contributed by atoms with Crippen molar-refractivity contribution in [1.29, 1.82) is 0 Å². The molecule has 2 rings (SSSR count). The number of hydrogen-bond donors (Lipinski definition) is 2. The normalized spacial score (nSPS) is 12.1. The Morgan fingerprint density at radius 1 is 1.17 bits per heavy atom. The van der Waals surface area contributed by atoms with Gasteiger partial charge in [-0.05, 0) is 29.7 Å². The second-order valence-electron chi connectivity index (χ2n) is 5.39. The zero-order chi connectivity index (χ0) is 17.2. The highest BCUT2D eigenvalue weighted by molar-refractivity contribution is 5.76. The summed E-state index contributed by atoms with van der Waals surface area (Å²) in [4.78, 5) is 20.0. The summed E-state index contributed by atoms with van der Waals surface area (Å²) >= 11 is 0. The van der Waals surface area contributed by atoms with Crippen LogP contribution in [0.5, 0.6) is 0 Å². The van der Waals surface area contributed by atoms with Crippen molar-refractivity contribution >= 4 is 11.9 Å². The van der Waals surface area contributed by atoms with E-state index in [0.717, 1.165) is 5.56 Å². The highest BCUT2D eigenvalue weighted by Crippen LogP contribution is 2.18. The number of benzene rings is 1. The van der Waals surface area contributed by atoms with Crippen LogP contribution in [0.2, 0.25) is 0 Å². The van der Waals surface area contributed by atoms with Gasteiger partial charge in [0.25, 0.3) is 0 Å². The number of carbonyl (C=O) groups excluding carboxylic acids is 1. The molecule has 0 fully saturated rings. The van der Waals surface area contributed by atoms with Crippen molar-refractivity contribution in [3.8, 4) is 0 Å². The molecule has 0 bridgehead atoms. The number of rotatable bonds is 8. The van der Waals surface area contributed by atoms with Crippen LogP contribution in [0.15, 0.2) is 54.9 Å². The molecule has 2 N–H and O–H groups in total. The second-order valence-corrected chi connectivity index (χ2v) is 5.39. The first-order valence-electron chi connectivity index (χ1n) is 7.83. The van der Waals surface area contributed by atoms with Gasteiger partial charge in [-0.3, -0.25) is 4.79 Å². The van der Waals surface area contributed by atoms with Crippen LogP contribution < -0.4 is 10.6 Å². The molecule has 5 nitrogen and oxygen atoms in total. The van der Waals surface area contributed by atoms with Gasteiger partial charge in [0.05, 0.1) is 0 Å². The van der Waals surface area contributed by atoms with Gasteiger partial charge < -0.3 is 10.6 Å². The van der Waals surface area contributed by atoms with E-state index in [0.29, 0.717) is 25.5 Å². The molecule has 6 heteroatoms. The average Bonchev–Trinajstić information content (AvgIpc) is 2.59. The molecule has 0 radical (unpaired) electrons. The molecule has 1 amide bonds. The lowest BCUT2D eigenvalue weighted by atomic mass is 9.97. The predicted octanol–water partition coefficient (Wildman–Crippen LogP) is 2.89. The second kappa shape index (κ2) is 9.39. The number of carbonyl (C=O) groups is 1. The first kappa shape index (κ1) is 17.6. The lowest BCUT2D eigenvalue weighted by molar-refractivity contribution is -0.121. The standard InChI is InChI=1S/C18H21FN4O/c1-14(15-5-7-16(19)8-6-15)13-17(24)20-9-2-3-10-21-18-22-11-4-12-23-18/h2-8,11-12,14H,9-10,13H2,1H3,(H,20,24)(H,21,22,23)/b3-2+. The van der Waals surface area contributed by atoms with E-state index in [1.807, 2.05) is 19.1 Å². The van der Waals surface area contributed by atoms with E-state index < -0.39 is 0 Å². The zero-order valence-electron chi connectivity index (χ0n) is 13.6. The Hall–Kier alpha value is -2.76. The molecule has 0 saturated carbocycles. The van der Waals surface area contributed by atoms with Crippen LogP contribution in [-0.2, 0) is 4.79 Å². The Bertz CT molecular complexity index is 658. The molecule has 0 aliphatic rings. The van der Waals surface area contributed by atoms with Gasteiger partial charge in [-0.15, -0.1) is 0 Å². The summed E-state index contributed by atoms with van der Waals surface area (Å²) < 4.78 is 12.9. The van der Waals surface area contributed by atoms with E-state index in [9.17, 15) is 9.18 Å². The fraction of sp³-hybridized carbons (Fsp3) is 0.278. The number of hydrogen-bond acceptors (Lipinski definition) is 4. The summed E-state index contributed by atoms with van der Waals surface area (Å²) in [7, 11) is 0. The maximum absolute atomic E-state index is 12.9. The Morgan fingerprint density at radius 2 is 1.83 bits per heavy atom. The van der Waals surface area contributed by atoms with Crippen molar-refractivity contribution in [2.75, 3.05) is 18.4 Å². The minimum Gasteiger partial charge on any atom is -0.353 e. The lowest BCUT2D eigenvalue weighted by Gasteiger charge is -2.11. The first-order valence-corrected chi connectivity index (χ1v) is 7.83. The molecule has 2 aromatic rings. The van der Waals surface area contributed by atoms with E-state index in [1.54, 1.807) is 30.6 Å². The predicted molar refractivity (Wildman–Crippen MR) is 92.1 cm³/mol. The van der Waals surface area contributed by atoms with E-state index in [-0.39, 0.29) is 17.6 Å². The summed E-state index contributed by atoms with van der Waals surface area (Å²) in [5, 5.41) is 5.87. The topological polar surface area (TPSA) is 66.9 Å². The fourth-order valence-electron chi connectivity index (χ4n) is 2.14. The Morgan fingerprint density at radius 3 is 2.54 bits per heavy atom. The summed E-state index contributed by atoms with van der Waals surface area (Å²) in [6, 6.07) is 8.00. The molecular weight excluding hydrogens is 307 g/mol. The van der Waals surface area contributed by atoms with E-state index in [1.165, 1.54) is 12.1 Å². The quantitative estimate of drug-likeness (QED) is 0.731. The van der Waals surface area contributed by atoms with Crippen LogP contribution in [0.4, 0.5) is 10.3 Å². The third-order valence-electron chi connectivity index (χ3n) is 3.46. The van der Waals surface area contributed by atoms with Crippen LogP contribution in [0.25, 0.3) is 0 Å². The number of anilines is 1. The van der Waals surface area contributed by atoms with Gasteiger partial charge in [0.1, 0.15) is 5.82 Å². The highest BCUT2D eigenvalue weighted by Gasteiger charge is 2.10. The smallest absolute Gasteiger partial charge is 0.222 e. The van der Waals surface area contributed by atoms with Crippen molar-refractivity contribution in [2.45, 2.75) is 19.3 Å². The third kappa shape index (κ3) is 6.16. The Labute approximate surface area is 141 Å². The monoisotopic (exact) mass is 328 g/mol. The summed E-state index contributed by atoms with van der Waals surface area (Å²) in [5.74, 6) is 0.316. The molecule has 0 spiro atoms. The van der Waals surface area contributed by atoms with Gasteiger partial charge in [0.2, 0.25) is 11.9 Å². The zero-order valence-corrected chi connectivity index (χ0v) is 13.6. The fourth-order valence-corrected chi connectivity index (χ4v) is 2.14. The largest absolute Gasteiger partial charge is 0.353 e. The minimum absolute atomic E-state index is 0.0316. The van der Waals surface area contributed by atoms with E-state index >= 15 is 0 Å². The SMILES string of the molecule is CC(CC(=O)NC/C=C/CNc1ncccn1)c1ccc(F)cc1. The highest BCUT2D eigenvalue weighted by atomic mass is 19.1. The molecule has 1 aromatic carbocycles. The van der Waals surface area contributed by atoms with Crippen LogP contribution in [0.1, 0.15) is 24.8 Å². The van der Waals surface area contributed by atoms with E-state index in [4.69, 9.17) is 0 Å². The minimum atomic E-state index is -0.268. The summed E-state index contributed by atoms with van der Waals surface area (Å²) in [6.07, 6.45) is 7.48. The van der Waals surface area contributed by atoms with Crippen LogP contribution in [0, 0.1) is 5.82 Å². The van der Waals surface area contributed by atoms with Crippen LogP contribution in [-0.4, -0.2) is 29.0 Å². The number of aromatic nitrogens is 2. The molecule has 0 aliphatic carbocycles. The van der Waals surface area contributed by atoms with Gasteiger partial charge in [-0.2, -0.15) is 0 Å².